The molecule has 0 atom stereocenters. The molecular formula is C11H18BF3. The lowest BCUT2D eigenvalue weighted by molar-refractivity contribution is -0.130. The van der Waals surface area contributed by atoms with E-state index in [0.717, 1.165) is 0 Å². The quantitative estimate of drug-likeness (QED) is 0.596. The average molecular weight is 218 g/mol. The molecule has 0 radical (unpaired) electrons. The summed E-state index contributed by atoms with van der Waals surface area (Å²) in [4.78, 5) is 0. The third kappa shape index (κ3) is 2.91. The van der Waals surface area contributed by atoms with Crippen molar-refractivity contribution in [2.24, 2.45) is 0 Å². The van der Waals surface area contributed by atoms with Gasteiger partial charge in [-0.1, -0.05) is 56.5 Å². The summed E-state index contributed by atoms with van der Waals surface area (Å²) >= 11 is 0. The highest BCUT2D eigenvalue weighted by Gasteiger charge is 2.40. The minimum absolute atomic E-state index is 0.383. The summed E-state index contributed by atoms with van der Waals surface area (Å²) in [5, 5.41) is 0. The Kier molecular flexibility index (Phi) is 3.31. The molecule has 0 amide bonds. The molecule has 0 aromatic heterocycles. The van der Waals surface area contributed by atoms with Crippen molar-refractivity contribution in [3.8, 4) is 0 Å². The van der Waals surface area contributed by atoms with Gasteiger partial charge in [-0.25, -0.2) is 0 Å². The topological polar surface area (TPSA) is 0 Å². The van der Waals surface area contributed by atoms with Gasteiger partial charge in [-0.3, -0.25) is 0 Å². The highest BCUT2D eigenvalue weighted by Crippen LogP contribution is 2.48. The Hall–Kier alpha value is -0.145. The van der Waals surface area contributed by atoms with E-state index < -0.39 is 12.6 Å². The van der Waals surface area contributed by atoms with Gasteiger partial charge in [-0.05, 0) is 0 Å². The molecule has 0 aromatic carbocycles. The zero-order chi connectivity index (χ0) is 10.9. The van der Waals surface area contributed by atoms with Gasteiger partial charge in [0.25, 0.3) is 0 Å². The van der Waals surface area contributed by atoms with Crippen LogP contribution < -0.4 is 0 Å². The van der Waals surface area contributed by atoms with Crippen molar-refractivity contribution < 1.29 is 13.2 Å². The van der Waals surface area contributed by atoms with Gasteiger partial charge in [0.15, 0.2) is 0 Å². The molecule has 0 spiro atoms. The van der Waals surface area contributed by atoms with Gasteiger partial charge in [0.2, 0.25) is 0 Å². The maximum atomic E-state index is 12.2. The molecule has 2 heterocycles. The first-order valence-electron chi connectivity index (χ1n) is 6.13. The summed E-state index contributed by atoms with van der Waals surface area (Å²) in [6, 6.07) is 0. The number of fused-ring (bicyclic) bond motifs is 2. The zero-order valence-corrected chi connectivity index (χ0v) is 9.02. The van der Waals surface area contributed by atoms with Crippen LogP contribution in [0.3, 0.4) is 0 Å². The molecule has 0 N–H and O–H groups in total. The molecule has 0 aliphatic carbocycles. The second-order valence-electron chi connectivity index (χ2n) is 5.20. The van der Waals surface area contributed by atoms with E-state index in [9.17, 15) is 13.2 Å². The van der Waals surface area contributed by atoms with E-state index in [1.807, 2.05) is 0 Å². The fraction of sp³-hybridized carbons (Fsp3) is 1.00. The minimum Gasteiger partial charge on any atom is -0.171 e. The molecule has 2 fully saturated rings. The van der Waals surface area contributed by atoms with Gasteiger partial charge in [0.1, 0.15) is 6.71 Å². The average Bonchev–Trinajstić information content (AvgIpc) is 2.12. The summed E-state index contributed by atoms with van der Waals surface area (Å²) in [6.45, 7) is 0.383. The Labute approximate surface area is 89.7 Å². The Balaban J connectivity index is 1.89. The number of hydrogen-bond donors (Lipinski definition) is 0. The van der Waals surface area contributed by atoms with Crippen molar-refractivity contribution >= 4 is 6.71 Å². The van der Waals surface area contributed by atoms with E-state index in [-0.39, 0.29) is 0 Å². The van der Waals surface area contributed by atoms with Crippen molar-refractivity contribution in [1.29, 1.82) is 0 Å². The van der Waals surface area contributed by atoms with Crippen LogP contribution in [0.4, 0.5) is 13.2 Å². The fourth-order valence-electron chi connectivity index (χ4n) is 3.62. The van der Waals surface area contributed by atoms with E-state index in [0.29, 0.717) is 24.7 Å². The smallest absolute Gasteiger partial charge is 0.171 e. The first kappa shape index (κ1) is 11.3. The Morgan fingerprint density at radius 1 is 0.933 bits per heavy atom. The maximum absolute atomic E-state index is 12.2. The first-order valence-corrected chi connectivity index (χ1v) is 6.13. The second-order valence-corrected chi connectivity index (χ2v) is 5.20. The standard InChI is InChI=1S/C11H18BF3/c13-11(14,15)7-8-12-9-3-1-4-10(12)6-2-5-9/h9-10H,1-8H2/t9-,10-. The molecule has 15 heavy (non-hydrogen) atoms. The van der Waals surface area contributed by atoms with Crippen molar-refractivity contribution in [3.63, 3.8) is 0 Å². The van der Waals surface area contributed by atoms with Gasteiger partial charge >= 0.3 is 6.18 Å². The van der Waals surface area contributed by atoms with Crippen LogP contribution in [-0.2, 0) is 0 Å². The molecule has 0 aromatic rings. The van der Waals surface area contributed by atoms with Crippen LogP contribution in [0.1, 0.15) is 44.9 Å². The van der Waals surface area contributed by atoms with E-state index in [1.165, 1.54) is 38.5 Å². The van der Waals surface area contributed by atoms with Crippen molar-refractivity contribution in [2.45, 2.75) is 69.1 Å². The van der Waals surface area contributed by atoms with Gasteiger partial charge in [-0.2, -0.15) is 13.2 Å². The van der Waals surface area contributed by atoms with Gasteiger partial charge in [0.05, 0.1) is 0 Å². The molecule has 4 heteroatoms. The Bertz CT molecular complexity index is 192. The van der Waals surface area contributed by atoms with E-state index in [1.54, 1.807) is 0 Å². The van der Waals surface area contributed by atoms with Crippen molar-refractivity contribution in [2.75, 3.05) is 0 Å². The molecule has 0 unspecified atom stereocenters. The van der Waals surface area contributed by atoms with Gasteiger partial charge in [0, 0.05) is 6.42 Å². The fourth-order valence-corrected chi connectivity index (χ4v) is 3.62. The first-order chi connectivity index (χ1) is 7.06. The van der Waals surface area contributed by atoms with Gasteiger partial charge in [-0.15, -0.1) is 0 Å². The normalized spacial score (nSPS) is 31.8. The van der Waals surface area contributed by atoms with E-state index in [4.69, 9.17) is 0 Å². The van der Waals surface area contributed by atoms with Crippen LogP contribution in [-0.4, -0.2) is 12.9 Å². The molecule has 86 valence electrons. The Morgan fingerprint density at radius 2 is 1.40 bits per heavy atom. The number of halogens is 3. The highest BCUT2D eigenvalue weighted by atomic mass is 19.4. The predicted octanol–water partition coefficient (Wildman–Crippen LogP) is 4.54. The summed E-state index contributed by atoms with van der Waals surface area (Å²) in [5.41, 5.74) is 0. The van der Waals surface area contributed by atoms with Crippen LogP contribution in [0.25, 0.3) is 0 Å². The molecule has 0 saturated carbocycles. The number of alkyl halides is 3. The summed E-state index contributed by atoms with van der Waals surface area (Å²) < 4.78 is 36.6. The van der Waals surface area contributed by atoms with Crippen molar-refractivity contribution in [3.05, 3.63) is 0 Å². The molecule has 2 rings (SSSR count). The third-order valence-electron chi connectivity index (χ3n) is 4.27. The lowest BCUT2D eigenvalue weighted by Gasteiger charge is -2.40. The molecular weight excluding hydrogens is 200 g/mol. The summed E-state index contributed by atoms with van der Waals surface area (Å²) in [7, 11) is 0. The zero-order valence-electron chi connectivity index (χ0n) is 9.02. The minimum atomic E-state index is -3.95. The number of hydrogen-bond acceptors (Lipinski definition) is 0. The van der Waals surface area contributed by atoms with Crippen LogP contribution in [0.5, 0.6) is 0 Å². The lowest BCUT2D eigenvalue weighted by atomic mass is 9.26. The maximum Gasteiger partial charge on any atom is 0.388 e. The largest absolute Gasteiger partial charge is 0.388 e. The van der Waals surface area contributed by atoms with Crippen LogP contribution in [0, 0.1) is 0 Å². The molecule has 2 saturated heterocycles. The highest BCUT2D eigenvalue weighted by molar-refractivity contribution is 6.62. The van der Waals surface area contributed by atoms with Crippen LogP contribution in [0.15, 0.2) is 0 Å². The monoisotopic (exact) mass is 218 g/mol. The second kappa shape index (κ2) is 4.38. The number of rotatable bonds is 2. The van der Waals surface area contributed by atoms with Crippen LogP contribution in [0.2, 0.25) is 18.0 Å². The molecule has 2 aliphatic rings. The predicted molar refractivity (Wildman–Crippen MR) is 56.4 cm³/mol. The van der Waals surface area contributed by atoms with Crippen molar-refractivity contribution in [1.82, 2.24) is 0 Å². The van der Waals surface area contributed by atoms with E-state index >= 15 is 0 Å². The SMILES string of the molecule is FC(F)(F)CCB1[C@H]2CCC[C@H]1CCC2. The molecule has 0 nitrogen and oxygen atoms in total. The van der Waals surface area contributed by atoms with Crippen LogP contribution >= 0.6 is 0 Å². The van der Waals surface area contributed by atoms with Gasteiger partial charge < -0.3 is 0 Å². The summed E-state index contributed by atoms with van der Waals surface area (Å²) in [6.07, 6.45) is 3.08. The lowest BCUT2D eigenvalue weighted by Crippen LogP contribution is -2.35. The Morgan fingerprint density at radius 3 is 1.80 bits per heavy atom. The molecule has 2 aliphatic heterocycles. The molecule has 2 bridgehead atoms. The summed E-state index contributed by atoms with van der Waals surface area (Å²) in [5.74, 6) is 1.22. The van der Waals surface area contributed by atoms with E-state index in [2.05, 4.69) is 0 Å². The third-order valence-corrected chi connectivity index (χ3v) is 4.27.